The topological polar surface area (TPSA) is 52.0 Å². The van der Waals surface area contributed by atoms with E-state index in [9.17, 15) is 9.00 Å². The lowest BCUT2D eigenvalue weighted by molar-refractivity contribution is 0.681. The van der Waals surface area contributed by atoms with Gasteiger partial charge in [0.1, 0.15) is 15.8 Å². The highest BCUT2D eigenvalue weighted by Crippen LogP contribution is 2.26. The fourth-order valence-corrected chi connectivity index (χ4v) is 4.43. The zero-order valence-corrected chi connectivity index (χ0v) is 15.2. The second-order valence-electron chi connectivity index (χ2n) is 6.22. The van der Waals surface area contributed by atoms with Gasteiger partial charge in [-0.2, -0.15) is 0 Å². The van der Waals surface area contributed by atoms with E-state index in [2.05, 4.69) is 4.98 Å². The van der Waals surface area contributed by atoms with Gasteiger partial charge in [-0.25, -0.2) is 4.21 Å². The summed E-state index contributed by atoms with van der Waals surface area (Å²) in [5.74, 6) is 0. The quantitative estimate of drug-likeness (QED) is 0.707. The normalized spacial score (nSPS) is 15.0. The Kier molecular flexibility index (Phi) is 4.39. The second kappa shape index (κ2) is 6.84. The summed E-state index contributed by atoms with van der Waals surface area (Å²) >= 11 is 0. The zero-order valence-electron chi connectivity index (χ0n) is 14.4. The Morgan fingerprint density at radius 3 is 2.65 bits per heavy atom. The molecule has 1 unspecified atom stereocenters. The molecule has 0 amide bonds. The van der Waals surface area contributed by atoms with Crippen LogP contribution in [0.25, 0.3) is 16.6 Å². The molecule has 0 N–H and O–H groups in total. The highest BCUT2D eigenvalue weighted by atomic mass is 32.2. The summed E-state index contributed by atoms with van der Waals surface area (Å²) in [6.07, 6.45) is 9.31. The van der Waals surface area contributed by atoms with Crippen LogP contribution in [0.3, 0.4) is 0 Å². The van der Waals surface area contributed by atoms with Gasteiger partial charge in [-0.3, -0.25) is 9.78 Å². The van der Waals surface area contributed by atoms with Crippen LogP contribution in [-0.2, 0) is 10.8 Å². The lowest BCUT2D eigenvalue weighted by Crippen LogP contribution is -2.15. The zero-order chi connectivity index (χ0) is 18.1. The largest absolute Gasteiger partial charge is 0.302 e. The maximum absolute atomic E-state index is 13.3. The molecular weight excluding hydrogens is 344 g/mol. The minimum atomic E-state index is -1.44. The molecule has 0 radical (unpaired) electrons. The van der Waals surface area contributed by atoms with Crippen molar-refractivity contribution in [2.75, 3.05) is 0 Å². The van der Waals surface area contributed by atoms with Crippen molar-refractivity contribution in [2.24, 2.45) is 0 Å². The molecule has 1 aliphatic rings. The van der Waals surface area contributed by atoms with E-state index >= 15 is 0 Å². The third-order valence-electron chi connectivity index (χ3n) is 4.38. The number of para-hydroxylation sites is 1. The number of pyridine rings is 2. The Morgan fingerprint density at radius 2 is 1.92 bits per heavy atom. The molecule has 3 aromatic rings. The van der Waals surface area contributed by atoms with Crippen molar-refractivity contribution in [3.8, 4) is 5.69 Å². The Morgan fingerprint density at radius 1 is 1.12 bits per heavy atom. The van der Waals surface area contributed by atoms with E-state index in [4.69, 9.17) is 0 Å². The summed E-state index contributed by atoms with van der Waals surface area (Å²) in [5.41, 5.74) is 2.23. The maximum atomic E-state index is 13.3. The first-order valence-electron chi connectivity index (χ1n) is 8.51. The van der Waals surface area contributed by atoms with Gasteiger partial charge in [0, 0.05) is 28.5 Å². The average Bonchev–Trinajstić information content (AvgIpc) is 2.68. The molecule has 130 valence electrons. The lowest BCUT2D eigenvalue weighted by atomic mass is 10.2. The SMILES string of the molecule is Cc1cc2c(cn1)c(=O)cc(S(=O)C1=CCCC=C1)n2-c1ccccc1. The summed E-state index contributed by atoms with van der Waals surface area (Å²) in [5, 5.41) is 1.01. The molecule has 0 fully saturated rings. The van der Waals surface area contributed by atoms with Crippen LogP contribution < -0.4 is 5.43 Å². The molecule has 0 aliphatic heterocycles. The van der Waals surface area contributed by atoms with E-state index in [1.807, 2.05) is 66.1 Å². The van der Waals surface area contributed by atoms with E-state index < -0.39 is 10.8 Å². The average molecular weight is 362 g/mol. The van der Waals surface area contributed by atoms with Crippen LogP contribution in [0.5, 0.6) is 0 Å². The van der Waals surface area contributed by atoms with Gasteiger partial charge < -0.3 is 4.57 Å². The highest BCUT2D eigenvalue weighted by molar-refractivity contribution is 7.89. The number of aryl methyl sites for hydroxylation is 1. The first kappa shape index (κ1) is 16.7. The van der Waals surface area contributed by atoms with Crippen LogP contribution in [0, 0.1) is 6.92 Å². The van der Waals surface area contributed by atoms with Crippen molar-refractivity contribution in [2.45, 2.75) is 24.8 Å². The number of rotatable bonds is 3. The first-order valence-corrected chi connectivity index (χ1v) is 9.66. The summed E-state index contributed by atoms with van der Waals surface area (Å²) < 4.78 is 15.2. The molecule has 2 aromatic heterocycles. The van der Waals surface area contributed by atoms with Gasteiger partial charge in [-0.1, -0.05) is 30.4 Å². The lowest BCUT2D eigenvalue weighted by Gasteiger charge is -2.18. The van der Waals surface area contributed by atoms with Gasteiger partial charge in [-0.05, 0) is 44.0 Å². The van der Waals surface area contributed by atoms with E-state index in [0.29, 0.717) is 10.4 Å². The van der Waals surface area contributed by atoms with Crippen molar-refractivity contribution in [1.82, 2.24) is 9.55 Å². The van der Waals surface area contributed by atoms with Gasteiger partial charge in [0.25, 0.3) is 0 Å². The molecule has 1 atom stereocenters. The monoisotopic (exact) mass is 362 g/mol. The minimum Gasteiger partial charge on any atom is -0.302 e. The molecule has 0 spiro atoms. The fraction of sp³-hybridized carbons (Fsp3) is 0.143. The number of fused-ring (bicyclic) bond motifs is 1. The fourth-order valence-electron chi connectivity index (χ4n) is 3.12. The standard InChI is InChI=1S/C21H18N2O2S/c1-15-12-19-18(14-22-15)20(24)13-21(23(19)16-8-4-2-5-9-16)26(25)17-10-6-3-7-11-17/h2,4-6,8-14H,3,7H2,1H3. The molecule has 0 saturated carbocycles. The Labute approximate surface area is 154 Å². The molecule has 26 heavy (non-hydrogen) atoms. The molecule has 0 saturated heterocycles. The predicted octanol–water partition coefficient (Wildman–Crippen LogP) is 4.04. The number of nitrogens with zero attached hydrogens (tertiary/aromatic N) is 2. The second-order valence-corrected chi connectivity index (χ2v) is 7.64. The van der Waals surface area contributed by atoms with Gasteiger partial charge in [0.15, 0.2) is 5.43 Å². The predicted molar refractivity (Wildman–Crippen MR) is 105 cm³/mol. The molecule has 4 nitrogen and oxygen atoms in total. The van der Waals surface area contributed by atoms with Crippen molar-refractivity contribution in [3.05, 3.63) is 87.7 Å². The Balaban J connectivity index is 2.06. The third-order valence-corrected chi connectivity index (χ3v) is 5.79. The number of hydrogen-bond acceptors (Lipinski definition) is 3. The third kappa shape index (κ3) is 2.95. The molecular formula is C21H18N2O2S. The highest BCUT2D eigenvalue weighted by Gasteiger charge is 2.18. The van der Waals surface area contributed by atoms with Gasteiger partial charge in [0.2, 0.25) is 0 Å². The number of benzene rings is 1. The molecule has 5 heteroatoms. The van der Waals surface area contributed by atoms with E-state index in [1.165, 1.54) is 6.07 Å². The summed E-state index contributed by atoms with van der Waals surface area (Å²) in [4.78, 5) is 17.7. The number of allylic oxidation sites excluding steroid dienone is 3. The number of aromatic nitrogens is 2. The van der Waals surface area contributed by atoms with E-state index in [-0.39, 0.29) is 5.43 Å². The van der Waals surface area contributed by atoms with Gasteiger partial charge in [-0.15, -0.1) is 0 Å². The first-order chi connectivity index (χ1) is 12.6. The van der Waals surface area contributed by atoms with Crippen molar-refractivity contribution >= 4 is 21.7 Å². The molecule has 0 bridgehead atoms. The maximum Gasteiger partial charge on any atom is 0.192 e. The van der Waals surface area contributed by atoms with Crippen LogP contribution in [-0.4, -0.2) is 13.8 Å². The van der Waals surface area contributed by atoms with E-state index in [1.54, 1.807) is 6.20 Å². The molecule has 2 heterocycles. The van der Waals surface area contributed by atoms with Gasteiger partial charge in [0.05, 0.1) is 10.9 Å². The van der Waals surface area contributed by atoms with Crippen molar-refractivity contribution in [1.29, 1.82) is 0 Å². The van der Waals surface area contributed by atoms with E-state index in [0.717, 1.165) is 34.6 Å². The smallest absolute Gasteiger partial charge is 0.192 e. The Bertz CT molecular complexity index is 1130. The van der Waals surface area contributed by atoms with Gasteiger partial charge >= 0.3 is 0 Å². The van der Waals surface area contributed by atoms with Crippen LogP contribution in [0.1, 0.15) is 18.5 Å². The summed E-state index contributed by atoms with van der Waals surface area (Å²) in [7, 11) is -1.44. The summed E-state index contributed by atoms with van der Waals surface area (Å²) in [6, 6.07) is 13.0. The molecule has 1 aliphatic carbocycles. The molecule has 4 rings (SSSR count). The minimum absolute atomic E-state index is 0.163. The number of hydrogen-bond donors (Lipinski definition) is 0. The van der Waals surface area contributed by atoms with Crippen LogP contribution in [0.2, 0.25) is 0 Å². The van der Waals surface area contributed by atoms with Crippen LogP contribution in [0.15, 0.2) is 81.6 Å². The van der Waals surface area contributed by atoms with Crippen LogP contribution in [0.4, 0.5) is 0 Å². The summed E-state index contributed by atoms with van der Waals surface area (Å²) in [6.45, 7) is 1.88. The van der Waals surface area contributed by atoms with Crippen molar-refractivity contribution in [3.63, 3.8) is 0 Å². The Hall–Kier alpha value is -2.79. The van der Waals surface area contributed by atoms with Crippen molar-refractivity contribution < 1.29 is 4.21 Å². The molecule has 1 aromatic carbocycles. The van der Waals surface area contributed by atoms with Crippen LogP contribution >= 0.6 is 0 Å².